The summed E-state index contributed by atoms with van der Waals surface area (Å²) in [5.41, 5.74) is 2.49. The molecule has 1 atom stereocenters. The first-order valence-electron chi connectivity index (χ1n) is 10.1. The van der Waals surface area contributed by atoms with E-state index >= 15 is 0 Å². The molecule has 2 N–H and O–H groups in total. The number of aromatic nitrogens is 2. The van der Waals surface area contributed by atoms with Crippen molar-refractivity contribution in [2.45, 2.75) is 32.2 Å². The first kappa shape index (κ1) is 21.3. The molecule has 1 aromatic heterocycles. The van der Waals surface area contributed by atoms with Gasteiger partial charge in [0.15, 0.2) is 0 Å². The highest BCUT2D eigenvalue weighted by Crippen LogP contribution is 2.34. The summed E-state index contributed by atoms with van der Waals surface area (Å²) in [4.78, 5) is 27.3. The van der Waals surface area contributed by atoms with Gasteiger partial charge < -0.3 is 15.5 Å². The Labute approximate surface area is 189 Å². The van der Waals surface area contributed by atoms with Crippen molar-refractivity contribution in [3.05, 3.63) is 69.1 Å². The standard InChI is InChI=1S/C22H22ClN5O2S/c1-2-14-7-3-4-10-17(14)25-22(30)28-12-6-11-18(28)20-26-27-21(31-20)19(29)24-16-9-5-8-15(23)13-16/h3-5,7-10,13,18H,2,6,11-12H2,1H3,(H,24,29)(H,25,30)/t18-/m0/s1. The topological polar surface area (TPSA) is 87.2 Å². The predicted octanol–water partition coefficient (Wildman–Crippen LogP) is 5.38. The number of urea groups is 1. The summed E-state index contributed by atoms with van der Waals surface area (Å²) in [5, 5.41) is 15.5. The number of rotatable bonds is 5. The van der Waals surface area contributed by atoms with Gasteiger partial charge in [-0.25, -0.2) is 4.79 Å². The Morgan fingerprint density at radius 1 is 1.16 bits per heavy atom. The Hall–Kier alpha value is -2.97. The summed E-state index contributed by atoms with van der Waals surface area (Å²) in [6.45, 7) is 2.69. The number of hydrogen-bond acceptors (Lipinski definition) is 5. The van der Waals surface area contributed by atoms with E-state index in [9.17, 15) is 9.59 Å². The maximum absolute atomic E-state index is 13.0. The average molecular weight is 456 g/mol. The molecule has 7 nitrogen and oxygen atoms in total. The maximum Gasteiger partial charge on any atom is 0.322 e. The molecule has 1 fully saturated rings. The van der Waals surface area contributed by atoms with E-state index in [4.69, 9.17) is 11.6 Å². The van der Waals surface area contributed by atoms with Crippen LogP contribution in [0.5, 0.6) is 0 Å². The fraction of sp³-hybridized carbons (Fsp3) is 0.273. The molecule has 2 aromatic carbocycles. The zero-order valence-electron chi connectivity index (χ0n) is 17.0. The second kappa shape index (κ2) is 9.45. The van der Waals surface area contributed by atoms with Crippen molar-refractivity contribution in [2.24, 2.45) is 0 Å². The molecular weight excluding hydrogens is 434 g/mol. The van der Waals surface area contributed by atoms with Crippen LogP contribution in [-0.4, -0.2) is 33.6 Å². The second-order valence-corrected chi connectivity index (χ2v) is 8.65. The van der Waals surface area contributed by atoms with Crippen molar-refractivity contribution in [1.29, 1.82) is 0 Å². The average Bonchev–Trinajstić information content (AvgIpc) is 3.44. The molecule has 3 aromatic rings. The SMILES string of the molecule is CCc1ccccc1NC(=O)N1CCC[C@H]1c1nnc(C(=O)Nc2cccc(Cl)c2)s1. The van der Waals surface area contributed by atoms with Crippen LogP contribution in [0, 0.1) is 0 Å². The van der Waals surface area contributed by atoms with Crippen LogP contribution >= 0.6 is 22.9 Å². The van der Waals surface area contributed by atoms with Crippen LogP contribution in [0.3, 0.4) is 0 Å². The number of amides is 3. The summed E-state index contributed by atoms with van der Waals surface area (Å²) >= 11 is 7.18. The molecule has 3 amide bonds. The van der Waals surface area contributed by atoms with Crippen molar-refractivity contribution in [1.82, 2.24) is 15.1 Å². The van der Waals surface area contributed by atoms with Gasteiger partial charge in [-0.3, -0.25) is 4.79 Å². The van der Waals surface area contributed by atoms with Crippen LogP contribution in [0.15, 0.2) is 48.5 Å². The maximum atomic E-state index is 13.0. The molecule has 0 saturated carbocycles. The molecule has 0 bridgehead atoms. The van der Waals surface area contributed by atoms with Crippen molar-refractivity contribution in [2.75, 3.05) is 17.2 Å². The molecule has 0 radical (unpaired) electrons. The number of carbonyl (C=O) groups is 2. The minimum atomic E-state index is -0.350. The molecular formula is C22H22ClN5O2S. The lowest BCUT2D eigenvalue weighted by Gasteiger charge is -2.23. The number of nitrogens with one attached hydrogen (secondary N) is 2. The van der Waals surface area contributed by atoms with Gasteiger partial charge in [0.25, 0.3) is 5.91 Å². The largest absolute Gasteiger partial charge is 0.322 e. The van der Waals surface area contributed by atoms with E-state index in [1.54, 1.807) is 29.2 Å². The Morgan fingerprint density at radius 2 is 2.00 bits per heavy atom. The van der Waals surface area contributed by atoms with E-state index in [-0.39, 0.29) is 23.0 Å². The third-order valence-corrected chi connectivity index (χ3v) is 6.41. The predicted molar refractivity (Wildman–Crippen MR) is 123 cm³/mol. The lowest BCUT2D eigenvalue weighted by atomic mass is 10.1. The van der Waals surface area contributed by atoms with Gasteiger partial charge >= 0.3 is 6.03 Å². The van der Waals surface area contributed by atoms with Gasteiger partial charge in [-0.05, 0) is 49.1 Å². The van der Waals surface area contributed by atoms with E-state index in [1.807, 2.05) is 24.3 Å². The molecule has 9 heteroatoms. The summed E-state index contributed by atoms with van der Waals surface area (Å²) in [5.74, 6) is -0.350. The molecule has 1 aliphatic heterocycles. The molecule has 160 valence electrons. The van der Waals surface area contributed by atoms with Crippen LogP contribution in [-0.2, 0) is 6.42 Å². The number of nitrogens with zero attached hydrogens (tertiary/aromatic N) is 3. The normalized spacial score (nSPS) is 15.7. The molecule has 1 aliphatic rings. The van der Waals surface area contributed by atoms with Crippen LogP contribution in [0.1, 0.15) is 46.2 Å². The molecule has 0 spiro atoms. The first-order chi connectivity index (χ1) is 15.0. The van der Waals surface area contributed by atoms with Crippen LogP contribution < -0.4 is 10.6 Å². The second-order valence-electron chi connectivity index (χ2n) is 7.20. The number of para-hydroxylation sites is 1. The van der Waals surface area contributed by atoms with Gasteiger partial charge in [-0.2, -0.15) is 0 Å². The van der Waals surface area contributed by atoms with Gasteiger partial charge in [-0.15, -0.1) is 10.2 Å². The Bertz CT molecular complexity index is 1100. The van der Waals surface area contributed by atoms with Gasteiger partial charge in [0.2, 0.25) is 5.01 Å². The summed E-state index contributed by atoms with van der Waals surface area (Å²) in [6, 6.07) is 14.3. The van der Waals surface area contributed by atoms with Crippen LogP contribution in [0.4, 0.5) is 16.2 Å². The Morgan fingerprint density at radius 3 is 2.81 bits per heavy atom. The Kier molecular flexibility index (Phi) is 6.48. The third-order valence-electron chi connectivity index (χ3n) is 5.16. The van der Waals surface area contributed by atoms with Gasteiger partial charge in [0.1, 0.15) is 5.01 Å². The zero-order valence-corrected chi connectivity index (χ0v) is 18.5. The summed E-state index contributed by atoms with van der Waals surface area (Å²) in [7, 11) is 0. The molecule has 31 heavy (non-hydrogen) atoms. The van der Waals surface area contributed by atoms with E-state index in [0.717, 1.165) is 30.5 Å². The minimum absolute atomic E-state index is 0.163. The lowest BCUT2D eigenvalue weighted by molar-refractivity contribution is 0.102. The number of carbonyl (C=O) groups excluding carboxylic acids is 2. The highest BCUT2D eigenvalue weighted by atomic mass is 35.5. The van der Waals surface area contributed by atoms with E-state index in [2.05, 4.69) is 27.8 Å². The molecule has 2 heterocycles. The van der Waals surface area contributed by atoms with Crippen molar-refractivity contribution < 1.29 is 9.59 Å². The first-order valence-corrected chi connectivity index (χ1v) is 11.3. The fourth-order valence-corrected chi connectivity index (χ4v) is 4.69. The fourth-order valence-electron chi connectivity index (χ4n) is 3.62. The van der Waals surface area contributed by atoms with Crippen LogP contribution in [0.2, 0.25) is 5.02 Å². The monoisotopic (exact) mass is 455 g/mol. The van der Waals surface area contributed by atoms with Crippen molar-refractivity contribution in [3.63, 3.8) is 0 Å². The summed E-state index contributed by atoms with van der Waals surface area (Å²) < 4.78 is 0. The van der Waals surface area contributed by atoms with Gasteiger partial charge in [-0.1, -0.05) is 54.1 Å². The molecule has 0 aliphatic carbocycles. The quantitative estimate of drug-likeness (QED) is 0.541. The lowest BCUT2D eigenvalue weighted by Crippen LogP contribution is -2.34. The Balaban J connectivity index is 1.46. The summed E-state index contributed by atoms with van der Waals surface area (Å²) in [6.07, 6.45) is 2.49. The highest BCUT2D eigenvalue weighted by Gasteiger charge is 2.33. The molecule has 0 unspecified atom stereocenters. The minimum Gasteiger partial charge on any atom is -0.320 e. The van der Waals surface area contributed by atoms with Gasteiger partial charge in [0, 0.05) is 22.9 Å². The third kappa shape index (κ3) is 4.86. The highest BCUT2D eigenvalue weighted by molar-refractivity contribution is 7.13. The number of hydrogen-bond donors (Lipinski definition) is 2. The van der Waals surface area contributed by atoms with Crippen molar-refractivity contribution >= 4 is 46.3 Å². The molecule has 4 rings (SSSR count). The van der Waals surface area contributed by atoms with E-state index in [0.29, 0.717) is 22.3 Å². The van der Waals surface area contributed by atoms with E-state index < -0.39 is 0 Å². The number of halogens is 1. The number of anilines is 2. The number of aryl methyl sites for hydroxylation is 1. The zero-order chi connectivity index (χ0) is 21.8. The van der Waals surface area contributed by atoms with E-state index in [1.165, 1.54) is 11.3 Å². The smallest absolute Gasteiger partial charge is 0.320 e. The number of benzene rings is 2. The van der Waals surface area contributed by atoms with Gasteiger partial charge in [0.05, 0.1) is 6.04 Å². The van der Waals surface area contributed by atoms with Crippen LogP contribution in [0.25, 0.3) is 0 Å². The van der Waals surface area contributed by atoms with Crippen molar-refractivity contribution in [3.8, 4) is 0 Å². The number of likely N-dealkylation sites (tertiary alicyclic amines) is 1. The molecule has 1 saturated heterocycles.